The highest BCUT2D eigenvalue weighted by atomic mass is 15.0. The highest BCUT2D eigenvalue weighted by Gasteiger charge is 2.21. The van der Waals surface area contributed by atoms with Gasteiger partial charge in [0, 0.05) is 21.9 Å². The van der Waals surface area contributed by atoms with Crippen molar-refractivity contribution in [3.8, 4) is 62.9 Å². The smallest absolute Gasteiger partial charge is 0.165 e. The molecule has 3 aromatic heterocycles. The first kappa shape index (κ1) is 31.2. The molecule has 0 aliphatic heterocycles. The van der Waals surface area contributed by atoms with Crippen molar-refractivity contribution in [1.82, 2.24) is 34.5 Å². The van der Waals surface area contributed by atoms with E-state index in [9.17, 15) is 10.5 Å². The van der Waals surface area contributed by atoms with Crippen LogP contribution in [0.25, 0.3) is 72.5 Å². The average molecular weight is 660 g/mol. The summed E-state index contributed by atoms with van der Waals surface area (Å²) in [7, 11) is 0. The standard InChI is InChI=1S/C42H29N9/c1-24-45-25(2)48-41(47-24)30-15-18-40(37(21-30)42-49-26(3)46-27(4)50-42)51-38-16-13-28(33-11-7-5-9-31(33)22-43)19-35(38)36-20-29(14-17-39(36)51)34-12-8-6-10-32(34)23-44/h5-21H,1-4H3. The normalized spacial score (nSPS) is 11.1. The molecule has 51 heavy (non-hydrogen) atoms. The van der Waals surface area contributed by atoms with Crippen LogP contribution in [0.1, 0.15) is 34.4 Å². The molecule has 0 spiro atoms. The Labute approximate surface area is 294 Å². The molecule has 0 fully saturated rings. The summed E-state index contributed by atoms with van der Waals surface area (Å²) in [5, 5.41) is 21.9. The fourth-order valence-electron chi connectivity index (χ4n) is 6.81. The third-order valence-electron chi connectivity index (χ3n) is 8.94. The van der Waals surface area contributed by atoms with E-state index in [0.717, 1.165) is 60.9 Å². The minimum Gasteiger partial charge on any atom is -0.308 e. The molecule has 242 valence electrons. The van der Waals surface area contributed by atoms with Crippen LogP contribution in [0.2, 0.25) is 0 Å². The van der Waals surface area contributed by atoms with E-state index in [1.807, 2.05) is 88.4 Å². The van der Waals surface area contributed by atoms with E-state index >= 15 is 0 Å². The zero-order valence-electron chi connectivity index (χ0n) is 28.3. The zero-order chi connectivity index (χ0) is 35.2. The van der Waals surface area contributed by atoms with Gasteiger partial charge >= 0.3 is 0 Å². The Morgan fingerprint density at radius 2 is 0.902 bits per heavy atom. The number of aryl methyl sites for hydroxylation is 4. The van der Waals surface area contributed by atoms with Crippen LogP contribution in [-0.2, 0) is 0 Å². The molecule has 0 bridgehead atoms. The van der Waals surface area contributed by atoms with Gasteiger partial charge in [0.2, 0.25) is 0 Å². The Hall–Kier alpha value is -7.10. The monoisotopic (exact) mass is 659 g/mol. The van der Waals surface area contributed by atoms with Crippen LogP contribution in [0.5, 0.6) is 0 Å². The number of fused-ring (bicyclic) bond motifs is 3. The van der Waals surface area contributed by atoms with Crippen LogP contribution in [-0.4, -0.2) is 34.5 Å². The molecule has 8 rings (SSSR count). The molecule has 9 heteroatoms. The van der Waals surface area contributed by atoms with E-state index in [1.54, 1.807) is 0 Å². The van der Waals surface area contributed by atoms with Crippen molar-refractivity contribution >= 4 is 21.8 Å². The van der Waals surface area contributed by atoms with E-state index < -0.39 is 0 Å². The second-order valence-electron chi connectivity index (χ2n) is 12.4. The summed E-state index contributed by atoms with van der Waals surface area (Å²) in [6.45, 7) is 7.44. The molecule has 9 nitrogen and oxygen atoms in total. The van der Waals surface area contributed by atoms with Gasteiger partial charge in [-0.2, -0.15) is 10.5 Å². The van der Waals surface area contributed by atoms with Crippen LogP contribution in [0.4, 0.5) is 0 Å². The topological polar surface area (TPSA) is 130 Å². The predicted octanol–water partition coefficient (Wildman–Crippen LogP) is 8.80. The van der Waals surface area contributed by atoms with Crippen molar-refractivity contribution < 1.29 is 0 Å². The fraction of sp³-hybridized carbons (Fsp3) is 0.0952. The molecule has 0 saturated heterocycles. The lowest BCUT2D eigenvalue weighted by Gasteiger charge is -2.15. The van der Waals surface area contributed by atoms with Crippen molar-refractivity contribution in [1.29, 1.82) is 10.5 Å². The first-order valence-corrected chi connectivity index (χ1v) is 16.4. The molecule has 8 aromatic rings. The molecule has 3 heterocycles. The number of hydrogen-bond donors (Lipinski definition) is 0. The molecule has 5 aromatic carbocycles. The fourth-order valence-corrected chi connectivity index (χ4v) is 6.81. The van der Waals surface area contributed by atoms with Gasteiger partial charge in [0.1, 0.15) is 23.3 Å². The molecule has 0 unspecified atom stereocenters. The van der Waals surface area contributed by atoms with E-state index in [4.69, 9.17) is 9.97 Å². The van der Waals surface area contributed by atoms with Crippen molar-refractivity contribution in [2.24, 2.45) is 0 Å². The van der Waals surface area contributed by atoms with Crippen molar-refractivity contribution in [2.45, 2.75) is 27.7 Å². The van der Waals surface area contributed by atoms with Gasteiger partial charge < -0.3 is 4.57 Å². The van der Waals surface area contributed by atoms with Gasteiger partial charge in [-0.15, -0.1) is 0 Å². The lowest BCUT2D eigenvalue weighted by atomic mass is 9.96. The van der Waals surface area contributed by atoms with Gasteiger partial charge in [0.05, 0.1) is 40.0 Å². The molecule has 0 aliphatic rings. The average Bonchev–Trinajstić information content (AvgIpc) is 3.46. The number of benzene rings is 5. The summed E-state index contributed by atoms with van der Waals surface area (Å²) < 4.78 is 2.22. The molecule has 0 aliphatic carbocycles. The summed E-state index contributed by atoms with van der Waals surface area (Å²) >= 11 is 0. The Kier molecular flexibility index (Phi) is 7.59. The van der Waals surface area contributed by atoms with Crippen LogP contribution in [0, 0.1) is 50.4 Å². The second kappa shape index (κ2) is 12.4. The van der Waals surface area contributed by atoms with Gasteiger partial charge in [0.25, 0.3) is 0 Å². The Morgan fingerprint density at radius 3 is 1.39 bits per heavy atom. The summed E-state index contributed by atoms with van der Waals surface area (Å²) in [6.07, 6.45) is 0. The molecular weight excluding hydrogens is 631 g/mol. The van der Waals surface area contributed by atoms with Gasteiger partial charge in [-0.25, -0.2) is 29.9 Å². The lowest BCUT2D eigenvalue weighted by Crippen LogP contribution is -2.04. The molecular formula is C42H29N9. The van der Waals surface area contributed by atoms with E-state index in [0.29, 0.717) is 46.1 Å². The van der Waals surface area contributed by atoms with Crippen molar-refractivity contribution in [3.05, 3.63) is 138 Å². The highest BCUT2D eigenvalue weighted by molar-refractivity contribution is 6.12. The summed E-state index contributed by atoms with van der Waals surface area (Å²) in [5.41, 5.74) is 9.16. The summed E-state index contributed by atoms with van der Waals surface area (Å²) in [5.74, 6) is 3.61. The number of hydrogen-bond acceptors (Lipinski definition) is 8. The SMILES string of the molecule is Cc1nc(C)nc(-c2ccc(-n3c4ccc(-c5ccccc5C#N)cc4c4cc(-c5ccccc5C#N)ccc43)c(-c3nc(C)nc(C)n3)c2)n1. The Bertz CT molecular complexity index is 2630. The van der Waals surface area contributed by atoms with Gasteiger partial charge in [0.15, 0.2) is 11.6 Å². The number of rotatable bonds is 5. The van der Waals surface area contributed by atoms with E-state index in [2.05, 4.69) is 79.1 Å². The highest BCUT2D eigenvalue weighted by Crippen LogP contribution is 2.40. The van der Waals surface area contributed by atoms with E-state index in [1.165, 1.54) is 0 Å². The van der Waals surface area contributed by atoms with E-state index in [-0.39, 0.29) is 0 Å². The Morgan fingerprint density at radius 1 is 0.451 bits per heavy atom. The number of nitriles is 2. The van der Waals surface area contributed by atoms with Crippen LogP contribution < -0.4 is 0 Å². The molecule has 0 atom stereocenters. The maximum atomic E-state index is 9.93. The van der Waals surface area contributed by atoms with Gasteiger partial charge in [-0.05, 0) is 105 Å². The minimum atomic E-state index is 0.536. The molecule has 0 saturated carbocycles. The first-order valence-electron chi connectivity index (χ1n) is 16.4. The van der Waals surface area contributed by atoms with Crippen molar-refractivity contribution in [2.75, 3.05) is 0 Å². The maximum absolute atomic E-state index is 9.93. The third-order valence-corrected chi connectivity index (χ3v) is 8.94. The lowest BCUT2D eigenvalue weighted by molar-refractivity contribution is 0.924. The molecule has 0 N–H and O–H groups in total. The van der Waals surface area contributed by atoms with Crippen LogP contribution >= 0.6 is 0 Å². The van der Waals surface area contributed by atoms with Crippen molar-refractivity contribution in [3.63, 3.8) is 0 Å². The van der Waals surface area contributed by atoms with Gasteiger partial charge in [-0.3, -0.25) is 0 Å². The second-order valence-corrected chi connectivity index (χ2v) is 12.4. The first-order chi connectivity index (χ1) is 24.8. The van der Waals surface area contributed by atoms with Crippen LogP contribution in [0.15, 0.2) is 103 Å². The summed E-state index contributed by atoms with van der Waals surface area (Å²) in [6, 6.07) is 38.7. The minimum absolute atomic E-state index is 0.536. The number of nitrogens with zero attached hydrogens (tertiary/aromatic N) is 9. The zero-order valence-corrected chi connectivity index (χ0v) is 28.3. The third kappa shape index (κ3) is 5.53. The molecule has 0 amide bonds. The summed E-state index contributed by atoms with van der Waals surface area (Å²) in [4.78, 5) is 27.7. The van der Waals surface area contributed by atoms with Crippen LogP contribution in [0.3, 0.4) is 0 Å². The largest absolute Gasteiger partial charge is 0.308 e. The molecule has 0 radical (unpaired) electrons. The number of aromatic nitrogens is 7. The quantitative estimate of drug-likeness (QED) is 0.179. The predicted molar refractivity (Wildman–Crippen MR) is 198 cm³/mol. The van der Waals surface area contributed by atoms with Gasteiger partial charge in [-0.1, -0.05) is 48.5 Å². The Balaban J connectivity index is 1.45. The maximum Gasteiger partial charge on any atom is 0.165 e.